The van der Waals surface area contributed by atoms with Crippen molar-refractivity contribution in [3.05, 3.63) is 23.4 Å². The van der Waals surface area contributed by atoms with Gasteiger partial charge in [-0.15, -0.1) is 0 Å². The van der Waals surface area contributed by atoms with Gasteiger partial charge in [0, 0.05) is 38.9 Å². The molecule has 0 aromatic carbocycles. The highest BCUT2D eigenvalue weighted by Crippen LogP contribution is 2.29. The Morgan fingerprint density at radius 3 is 2.79 bits per heavy atom. The second-order valence-corrected chi connectivity index (χ2v) is 9.89. The zero-order valence-corrected chi connectivity index (χ0v) is 20.9. The number of carbonyl (C=O) groups excluding carboxylic acids is 1. The van der Waals surface area contributed by atoms with E-state index in [1.54, 1.807) is 7.11 Å². The molecule has 0 spiro atoms. The normalized spacial score (nSPS) is 17.4. The zero-order chi connectivity index (χ0) is 24.3. The van der Waals surface area contributed by atoms with Crippen LogP contribution in [0.3, 0.4) is 0 Å². The first-order valence-electron chi connectivity index (χ1n) is 12.9. The highest BCUT2D eigenvalue weighted by atomic mass is 16.5. The summed E-state index contributed by atoms with van der Waals surface area (Å²) in [4.78, 5) is 31.0. The third kappa shape index (κ3) is 8.55. The van der Waals surface area contributed by atoms with Crippen LogP contribution in [0.4, 0.5) is 5.82 Å². The molecule has 1 aromatic rings. The van der Waals surface area contributed by atoms with E-state index in [1.807, 2.05) is 6.92 Å². The third-order valence-electron chi connectivity index (χ3n) is 7.09. The predicted molar refractivity (Wildman–Crippen MR) is 133 cm³/mol. The fourth-order valence-electron chi connectivity index (χ4n) is 4.66. The van der Waals surface area contributed by atoms with Gasteiger partial charge in [-0.05, 0) is 82.4 Å². The molecule has 1 aromatic heterocycles. The van der Waals surface area contributed by atoms with Crippen molar-refractivity contribution in [2.45, 2.75) is 83.3 Å². The Kier molecular flexibility index (Phi) is 10.6. The third-order valence-corrected chi connectivity index (χ3v) is 7.09. The Hall–Kier alpha value is -2.19. The van der Waals surface area contributed by atoms with Crippen LogP contribution in [0.25, 0.3) is 0 Å². The molecule has 2 aliphatic rings. The number of aliphatic carboxylic acids is 1. The molecule has 8 nitrogen and oxygen atoms in total. The van der Waals surface area contributed by atoms with Gasteiger partial charge in [0.15, 0.2) is 0 Å². The maximum Gasteiger partial charge on any atom is 0.326 e. The summed E-state index contributed by atoms with van der Waals surface area (Å²) >= 11 is 0. The molecule has 0 bridgehead atoms. The van der Waals surface area contributed by atoms with E-state index < -0.39 is 12.0 Å². The van der Waals surface area contributed by atoms with Gasteiger partial charge in [0.2, 0.25) is 5.91 Å². The van der Waals surface area contributed by atoms with Crippen molar-refractivity contribution in [1.82, 2.24) is 15.2 Å². The van der Waals surface area contributed by atoms with Crippen LogP contribution in [0.2, 0.25) is 0 Å². The number of nitrogens with zero attached hydrogens (tertiary/aromatic N) is 2. The first kappa shape index (κ1) is 26.4. The van der Waals surface area contributed by atoms with E-state index in [4.69, 9.17) is 9.72 Å². The second-order valence-electron chi connectivity index (χ2n) is 9.89. The van der Waals surface area contributed by atoms with Crippen LogP contribution in [-0.4, -0.2) is 72.3 Å². The highest BCUT2D eigenvalue weighted by Gasteiger charge is 2.25. The molecule has 190 valence electrons. The summed E-state index contributed by atoms with van der Waals surface area (Å²) < 4.78 is 5.45. The topological polar surface area (TPSA) is 104 Å². The van der Waals surface area contributed by atoms with Crippen molar-refractivity contribution < 1.29 is 19.4 Å². The summed E-state index contributed by atoms with van der Waals surface area (Å²) in [6, 6.07) is 3.49. The fraction of sp³-hybridized carbons (Fsp3) is 0.731. The molecule has 3 rings (SSSR count). The summed E-state index contributed by atoms with van der Waals surface area (Å²) in [5, 5.41) is 15.8. The lowest BCUT2D eigenvalue weighted by Gasteiger charge is -2.28. The van der Waals surface area contributed by atoms with Crippen LogP contribution in [0.5, 0.6) is 0 Å². The van der Waals surface area contributed by atoms with E-state index in [-0.39, 0.29) is 12.0 Å². The van der Waals surface area contributed by atoms with Gasteiger partial charge in [-0.3, -0.25) is 4.79 Å². The lowest BCUT2D eigenvalue weighted by Crippen LogP contribution is -2.44. The lowest BCUT2D eigenvalue weighted by molar-refractivity contribution is -0.142. The van der Waals surface area contributed by atoms with Crippen molar-refractivity contribution in [3.63, 3.8) is 0 Å². The van der Waals surface area contributed by atoms with Crippen molar-refractivity contribution in [3.8, 4) is 0 Å². The minimum atomic E-state index is -0.964. The van der Waals surface area contributed by atoms with Crippen LogP contribution >= 0.6 is 0 Å². The average molecular weight is 475 g/mol. The van der Waals surface area contributed by atoms with E-state index >= 15 is 0 Å². The molecular formula is C26H42N4O4. The number of pyridine rings is 1. The van der Waals surface area contributed by atoms with Gasteiger partial charge >= 0.3 is 5.97 Å². The summed E-state index contributed by atoms with van der Waals surface area (Å²) in [6.45, 7) is 5.22. The smallest absolute Gasteiger partial charge is 0.326 e. The number of carbonyl (C=O) groups is 2. The quantitative estimate of drug-likeness (QED) is 0.335. The molecule has 1 saturated carbocycles. The standard InChI is InChI=1S/C26H42N4O4/c1-19(34-2)18-30(16-13-23(26(32)33)29-24(31)17-20-7-5-8-20)15-4-3-10-22-12-11-21-9-6-14-27-25(21)28-22/h11-12,19-20,23H,3-10,13-18H2,1-2H3,(H,27,28)(H,29,31)(H,32,33). The minimum absolute atomic E-state index is 0.0601. The Balaban J connectivity index is 1.44. The summed E-state index contributed by atoms with van der Waals surface area (Å²) in [7, 11) is 1.69. The van der Waals surface area contributed by atoms with Crippen molar-refractivity contribution >= 4 is 17.7 Å². The number of hydrogen-bond donors (Lipinski definition) is 3. The highest BCUT2D eigenvalue weighted by molar-refractivity contribution is 5.83. The fourth-order valence-corrected chi connectivity index (χ4v) is 4.66. The van der Waals surface area contributed by atoms with E-state index in [2.05, 4.69) is 27.7 Å². The van der Waals surface area contributed by atoms with Gasteiger partial charge in [0.1, 0.15) is 11.9 Å². The molecular weight excluding hydrogens is 432 g/mol. The van der Waals surface area contributed by atoms with Crippen molar-refractivity contribution in [2.75, 3.05) is 38.6 Å². The largest absolute Gasteiger partial charge is 0.480 e. The molecule has 1 fully saturated rings. The predicted octanol–water partition coefficient (Wildman–Crippen LogP) is 3.25. The number of nitrogens with one attached hydrogen (secondary N) is 2. The number of ether oxygens (including phenoxy) is 1. The number of hydrogen-bond acceptors (Lipinski definition) is 6. The van der Waals surface area contributed by atoms with E-state index in [0.717, 1.165) is 76.1 Å². The Morgan fingerprint density at radius 1 is 1.26 bits per heavy atom. The zero-order valence-electron chi connectivity index (χ0n) is 20.9. The number of rotatable bonds is 15. The Bertz CT molecular complexity index is 799. The summed E-state index contributed by atoms with van der Waals surface area (Å²) in [5.74, 6) is 0.363. The number of methoxy groups -OCH3 is 1. The van der Waals surface area contributed by atoms with E-state index in [1.165, 1.54) is 12.0 Å². The number of anilines is 1. The molecule has 2 atom stereocenters. The van der Waals surface area contributed by atoms with Gasteiger partial charge in [-0.1, -0.05) is 12.5 Å². The maximum absolute atomic E-state index is 12.2. The Morgan fingerprint density at radius 2 is 2.09 bits per heavy atom. The summed E-state index contributed by atoms with van der Waals surface area (Å²) in [5.41, 5.74) is 2.42. The van der Waals surface area contributed by atoms with E-state index in [0.29, 0.717) is 25.3 Å². The van der Waals surface area contributed by atoms with Gasteiger partial charge in [0.05, 0.1) is 6.10 Å². The number of fused-ring (bicyclic) bond motifs is 1. The number of carboxylic acids is 1. The molecule has 1 amide bonds. The first-order chi connectivity index (χ1) is 16.4. The molecule has 34 heavy (non-hydrogen) atoms. The molecule has 8 heteroatoms. The van der Waals surface area contributed by atoms with Crippen molar-refractivity contribution in [2.24, 2.45) is 5.92 Å². The van der Waals surface area contributed by atoms with Crippen LogP contribution in [0, 0.1) is 5.92 Å². The average Bonchev–Trinajstić information content (AvgIpc) is 2.81. The number of carboxylic acid groups (broad SMARTS) is 1. The number of aromatic nitrogens is 1. The Labute approximate surface area is 203 Å². The summed E-state index contributed by atoms with van der Waals surface area (Å²) in [6.07, 6.45) is 9.42. The van der Waals surface area contributed by atoms with Gasteiger partial charge < -0.3 is 25.4 Å². The molecule has 0 radical (unpaired) electrons. The van der Waals surface area contributed by atoms with Crippen LogP contribution in [0.1, 0.15) is 69.5 Å². The van der Waals surface area contributed by atoms with Gasteiger partial charge in [0.25, 0.3) is 0 Å². The SMILES string of the molecule is COC(C)CN(CCCCc1ccc2c(n1)NCCC2)CCC(NC(=O)CC1CCC1)C(=O)O. The number of amides is 1. The molecule has 1 aliphatic carbocycles. The van der Waals surface area contributed by atoms with Crippen LogP contribution in [-0.2, 0) is 27.2 Å². The van der Waals surface area contributed by atoms with Gasteiger partial charge in [-0.2, -0.15) is 0 Å². The monoisotopic (exact) mass is 474 g/mol. The number of unbranched alkanes of at least 4 members (excludes halogenated alkanes) is 1. The van der Waals surface area contributed by atoms with Crippen LogP contribution < -0.4 is 10.6 Å². The molecule has 2 heterocycles. The maximum atomic E-state index is 12.2. The minimum Gasteiger partial charge on any atom is -0.480 e. The van der Waals surface area contributed by atoms with E-state index in [9.17, 15) is 14.7 Å². The molecule has 0 saturated heterocycles. The molecule has 3 N–H and O–H groups in total. The lowest BCUT2D eigenvalue weighted by atomic mass is 9.83. The molecule has 1 aliphatic heterocycles. The first-order valence-corrected chi connectivity index (χ1v) is 12.9. The van der Waals surface area contributed by atoms with Crippen molar-refractivity contribution in [1.29, 1.82) is 0 Å². The molecule has 2 unspecified atom stereocenters. The number of aryl methyl sites for hydroxylation is 2. The van der Waals surface area contributed by atoms with Crippen LogP contribution in [0.15, 0.2) is 12.1 Å². The van der Waals surface area contributed by atoms with Gasteiger partial charge in [-0.25, -0.2) is 9.78 Å². The second kappa shape index (κ2) is 13.6.